The molecule has 0 radical (unpaired) electrons. The van der Waals surface area contributed by atoms with Crippen LogP contribution < -0.4 is 11.3 Å². The molecule has 3 N–H and O–H groups in total. The highest BCUT2D eigenvalue weighted by Gasteiger charge is 2.14. The predicted octanol–water partition coefficient (Wildman–Crippen LogP) is 5.08. The normalized spacial score (nSPS) is 12.7. The van der Waals surface area contributed by atoms with Gasteiger partial charge >= 0.3 is 0 Å². The highest BCUT2D eigenvalue weighted by Crippen LogP contribution is 2.29. The molecule has 0 aliphatic carbocycles. The van der Waals surface area contributed by atoms with Crippen LogP contribution in [0, 0.1) is 0 Å². The summed E-state index contributed by atoms with van der Waals surface area (Å²) in [7, 11) is 0. The van der Waals surface area contributed by atoms with Crippen LogP contribution in [0.1, 0.15) is 42.5 Å². The third-order valence-corrected chi connectivity index (χ3v) is 4.84. The highest BCUT2D eigenvalue weighted by atomic mass is 79.9. The maximum Gasteiger partial charge on any atom is 0.0511 e. The minimum absolute atomic E-state index is 0.0711. The van der Waals surface area contributed by atoms with Crippen LogP contribution in [0.2, 0.25) is 0 Å². The van der Waals surface area contributed by atoms with E-state index in [-0.39, 0.29) is 6.04 Å². The number of nitrogens with two attached hydrogens (primary N) is 1. The molecule has 21 heavy (non-hydrogen) atoms. The summed E-state index contributed by atoms with van der Waals surface area (Å²) in [5, 5.41) is 0. The molecule has 1 unspecified atom stereocenters. The van der Waals surface area contributed by atoms with E-state index in [0.29, 0.717) is 5.92 Å². The van der Waals surface area contributed by atoms with E-state index in [4.69, 9.17) is 5.84 Å². The monoisotopic (exact) mass is 410 g/mol. The molecule has 2 nitrogen and oxygen atoms in total. The molecule has 0 aliphatic rings. The summed E-state index contributed by atoms with van der Waals surface area (Å²) in [5.41, 5.74) is 6.71. The maximum atomic E-state index is 5.76. The molecule has 0 bridgehead atoms. The van der Waals surface area contributed by atoms with Crippen molar-refractivity contribution < 1.29 is 0 Å². The van der Waals surface area contributed by atoms with Gasteiger partial charge in [0.05, 0.1) is 6.04 Å². The summed E-state index contributed by atoms with van der Waals surface area (Å²) in [6.45, 7) is 4.41. The Morgan fingerprint density at radius 2 is 1.71 bits per heavy atom. The Balaban J connectivity index is 2.20. The molecular formula is C17H20Br2N2. The Morgan fingerprint density at radius 1 is 1.05 bits per heavy atom. The second kappa shape index (κ2) is 7.54. The molecule has 0 saturated heterocycles. The number of hydrogen-bond acceptors (Lipinski definition) is 2. The van der Waals surface area contributed by atoms with Crippen LogP contribution in [0.5, 0.6) is 0 Å². The molecule has 2 aromatic rings. The molecule has 0 amide bonds. The van der Waals surface area contributed by atoms with Crippen molar-refractivity contribution in [1.82, 2.24) is 5.43 Å². The molecule has 2 aromatic carbocycles. The smallest absolute Gasteiger partial charge is 0.0511 e. The first kappa shape index (κ1) is 16.7. The van der Waals surface area contributed by atoms with Crippen molar-refractivity contribution in [2.45, 2.75) is 32.2 Å². The molecule has 0 saturated carbocycles. The van der Waals surface area contributed by atoms with E-state index in [9.17, 15) is 0 Å². The number of hydrogen-bond donors (Lipinski definition) is 2. The van der Waals surface area contributed by atoms with Gasteiger partial charge in [0.2, 0.25) is 0 Å². The predicted molar refractivity (Wildman–Crippen MR) is 96.1 cm³/mol. The van der Waals surface area contributed by atoms with Gasteiger partial charge in [-0.15, -0.1) is 0 Å². The first-order valence-electron chi connectivity index (χ1n) is 7.01. The second-order valence-electron chi connectivity index (χ2n) is 5.49. The van der Waals surface area contributed by atoms with Crippen LogP contribution in [0.4, 0.5) is 0 Å². The van der Waals surface area contributed by atoms with Gasteiger partial charge in [-0.2, -0.15) is 0 Å². The Morgan fingerprint density at radius 3 is 2.29 bits per heavy atom. The SMILES string of the molecule is CC(C)c1ccc(CC(NN)c2cc(Br)ccc2Br)cc1. The average molecular weight is 412 g/mol. The van der Waals surface area contributed by atoms with Gasteiger partial charge in [-0.05, 0) is 47.2 Å². The van der Waals surface area contributed by atoms with E-state index in [1.165, 1.54) is 11.1 Å². The van der Waals surface area contributed by atoms with E-state index < -0.39 is 0 Å². The van der Waals surface area contributed by atoms with Crippen LogP contribution in [0.3, 0.4) is 0 Å². The minimum atomic E-state index is 0.0711. The van der Waals surface area contributed by atoms with Crippen molar-refractivity contribution in [3.63, 3.8) is 0 Å². The van der Waals surface area contributed by atoms with Gasteiger partial charge in [-0.1, -0.05) is 70.0 Å². The van der Waals surface area contributed by atoms with E-state index >= 15 is 0 Å². The van der Waals surface area contributed by atoms with Gasteiger partial charge in [0.1, 0.15) is 0 Å². The number of hydrazine groups is 1. The standard InChI is InChI=1S/C17H20Br2N2/c1-11(2)13-5-3-12(4-6-13)9-17(21-20)15-10-14(18)7-8-16(15)19/h3-8,10-11,17,21H,9,20H2,1-2H3. The van der Waals surface area contributed by atoms with Gasteiger partial charge in [-0.3, -0.25) is 11.3 Å². The third-order valence-electron chi connectivity index (χ3n) is 3.62. The van der Waals surface area contributed by atoms with Gasteiger partial charge in [0, 0.05) is 8.95 Å². The fourth-order valence-electron chi connectivity index (χ4n) is 2.31. The summed E-state index contributed by atoms with van der Waals surface area (Å²) < 4.78 is 2.11. The van der Waals surface area contributed by atoms with Crippen molar-refractivity contribution in [3.05, 3.63) is 68.1 Å². The van der Waals surface area contributed by atoms with E-state index in [2.05, 4.69) is 81.5 Å². The largest absolute Gasteiger partial charge is 0.271 e. The van der Waals surface area contributed by atoms with Crippen LogP contribution >= 0.6 is 31.9 Å². The lowest BCUT2D eigenvalue weighted by atomic mass is 9.96. The molecule has 112 valence electrons. The lowest BCUT2D eigenvalue weighted by Gasteiger charge is -2.19. The topological polar surface area (TPSA) is 38.0 Å². The van der Waals surface area contributed by atoms with Gasteiger partial charge < -0.3 is 0 Å². The molecule has 2 rings (SSSR count). The van der Waals surface area contributed by atoms with E-state index in [1.807, 2.05) is 12.1 Å². The van der Waals surface area contributed by atoms with E-state index in [0.717, 1.165) is 20.9 Å². The Bertz CT molecular complexity index is 594. The van der Waals surface area contributed by atoms with Crippen LogP contribution in [-0.2, 0) is 6.42 Å². The van der Waals surface area contributed by atoms with Gasteiger partial charge in [0.15, 0.2) is 0 Å². The van der Waals surface area contributed by atoms with Crippen LogP contribution in [0.25, 0.3) is 0 Å². The summed E-state index contributed by atoms with van der Waals surface area (Å²) >= 11 is 7.11. The van der Waals surface area contributed by atoms with E-state index in [1.54, 1.807) is 0 Å². The zero-order chi connectivity index (χ0) is 15.4. The van der Waals surface area contributed by atoms with Gasteiger partial charge in [-0.25, -0.2) is 0 Å². The van der Waals surface area contributed by atoms with Gasteiger partial charge in [0.25, 0.3) is 0 Å². The molecule has 0 fully saturated rings. The fraction of sp³-hybridized carbons (Fsp3) is 0.294. The van der Waals surface area contributed by atoms with Crippen molar-refractivity contribution in [2.75, 3.05) is 0 Å². The number of halogens is 2. The van der Waals surface area contributed by atoms with Crippen molar-refractivity contribution >= 4 is 31.9 Å². The zero-order valence-electron chi connectivity index (χ0n) is 12.2. The summed E-state index contributed by atoms with van der Waals surface area (Å²) in [6.07, 6.45) is 0.851. The molecular weight excluding hydrogens is 392 g/mol. The van der Waals surface area contributed by atoms with Crippen molar-refractivity contribution in [1.29, 1.82) is 0 Å². The zero-order valence-corrected chi connectivity index (χ0v) is 15.4. The lowest BCUT2D eigenvalue weighted by molar-refractivity contribution is 0.549. The molecule has 4 heteroatoms. The first-order valence-corrected chi connectivity index (χ1v) is 8.59. The molecule has 0 aromatic heterocycles. The fourth-order valence-corrected chi connectivity index (χ4v) is 3.22. The highest BCUT2D eigenvalue weighted by molar-refractivity contribution is 9.11. The quantitative estimate of drug-likeness (QED) is 0.531. The second-order valence-corrected chi connectivity index (χ2v) is 7.26. The van der Waals surface area contributed by atoms with Crippen LogP contribution in [0.15, 0.2) is 51.4 Å². The molecule has 0 heterocycles. The number of rotatable bonds is 5. The van der Waals surface area contributed by atoms with Crippen molar-refractivity contribution in [3.8, 4) is 0 Å². The molecule has 0 spiro atoms. The summed E-state index contributed by atoms with van der Waals surface area (Å²) in [6, 6.07) is 15.0. The average Bonchev–Trinajstić information content (AvgIpc) is 2.48. The third kappa shape index (κ3) is 4.39. The minimum Gasteiger partial charge on any atom is -0.271 e. The number of nitrogens with one attached hydrogen (secondary N) is 1. The lowest BCUT2D eigenvalue weighted by Crippen LogP contribution is -2.29. The maximum absolute atomic E-state index is 5.76. The first-order chi connectivity index (χ1) is 10.0. The Hall–Kier alpha value is -0.680. The Labute approximate surface area is 143 Å². The van der Waals surface area contributed by atoms with Crippen molar-refractivity contribution in [2.24, 2.45) is 5.84 Å². The molecule has 1 atom stereocenters. The summed E-state index contributed by atoms with van der Waals surface area (Å²) in [4.78, 5) is 0. The molecule has 0 aliphatic heterocycles. The summed E-state index contributed by atoms with van der Waals surface area (Å²) in [5.74, 6) is 6.32. The number of benzene rings is 2. The van der Waals surface area contributed by atoms with Crippen LogP contribution in [-0.4, -0.2) is 0 Å². The Kier molecular flexibility index (Phi) is 5.99.